The molecule has 1 amide bonds. The molecule has 0 aliphatic heterocycles. The summed E-state index contributed by atoms with van der Waals surface area (Å²) in [6, 6.07) is 20.5. The van der Waals surface area contributed by atoms with E-state index < -0.39 is 23.5 Å². The molecule has 1 aromatic heterocycles. The molecule has 1 atom stereocenters. The Labute approximate surface area is 213 Å². The number of anilines is 2. The highest BCUT2D eigenvalue weighted by Crippen LogP contribution is 2.22. The Bertz CT molecular complexity index is 1450. The van der Waals surface area contributed by atoms with Crippen molar-refractivity contribution in [1.29, 1.82) is 0 Å². The van der Waals surface area contributed by atoms with Crippen molar-refractivity contribution in [3.63, 3.8) is 0 Å². The van der Waals surface area contributed by atoms with Gasteiger partial charge in [0.1, 0.15) is 12.0 Å². The predicted octanol–water partition coefficient (Wildman–Crippen LogP) is 4.31. The molecule has 0 fully saturated rings. The monoisotopic (exact) mass is 500 g/mol. The number of Topliss-reactive ketones (excluding diaryl/α,β-unsaturated/α-hetero) is 1. The number of ketones is 1. The quantitative estimate of drug-likeness (QED) is 0.228. The molecule has 3 aromatic carbocycles. The number of nitrogens with two attached hydrogens (primary N) is 1. The molecule has 0 aliphatic rings. The number of nitrogens with one attached hydrogen (secondary N) is 2. The van der Waals surface area contributed by atoms with Gasteiger partial charge in [-0.2, -0.15) is 4.98 Å². The van der Waals surface area contributed by atoms with Gasteiger partial charge in [0.05, 0.1) is 11.6 Å². The second kappa shape index (κ2) is 11.4. The van der Waals surface area contributed by atoms with Crippen LogP contribution in [0.2, 0.25) is 0 Å². The Morgan fingerprint density at radius 2 is 1.65 bits per heavy atom. The minimum Gasteiger partial charge on any atom is -0.445 e. The first-order chi connectivity index (χ1) is 17.8. The zero-order chi connectivity index (χ0) is 26.4. The fourth-order valence-corrected chi connectivity index (χ4v) is 3.85. The summed E-state index contributed by atoms with van der Waals surface area (Å²) in [6.07, 6.45) is -0.503. The maximum absolute atomic E-state index is 13.6. The van der Waals surface area contributed by atoms with Gasteiger partial charge in [-0.25, -0.2) is 9.59 Å². The lowest BCUT2D eigenvalue weighted by molar-refractivity contribution is 0.0916. The lowest BCUT2D eigenvalue weighted by Gasteiger charge is -2.18. The van der Waals surface area contributed by atoms with Gasteiger partial charge in [0, 0.05) is 23.7 Å². The molecule has 0 saturated carbocycles. The molecule has 9 nitrogen and oxygen atoms in total. The number of amides is 1. The predicted molar refractivity (Wildman–Crippen MR) is 141 cm³/mol. The minimum atomic E-state index is -0.948. The molecular formula is C28H28N4O5. The number of fused-ring (bicyclic) bond motifs is 1. The molecule has 0 unspecified atom stereocenters. The summed E-state index contributed by atoms with van der Waals surface area (Å²) >= 11 is 0. The van der Waals surface area contributed by atoms with Crippen molar-refractivity contribution in [2.24, 2.45) is 0 Å². The van der Waals surface area contributed by atoms with E-state index in [0.29, 0.717) is 0 Å². The Hall–Kier alpha value is -4.66. The van der Waals surface area contributed by atoms with Gasteiger partial charge >= 0.3 is 11.7 Å². The zero-order valence-corrected chi connectivity index (χ0v) is 20.6. The Balaban J connectivity index is 1.62. The summed E-state index contributed by atoms with van der Waals surface area (Å²) < 4.78 is 10.6. The molecule has 4 N–H and O–H groups in total. The molecule has 4 aromatic rings. The number of nitrogen functional groups attached to an aromatic ring is 1. The molecule has 0 saturated heterocycles. The number of carbonyl (C=O) groups excluding carboxylic acids is 2. The first kappa shape index (κ1) is 25.4. The number of benzene rings is 3. The van der Waals surface area contributed by atoms with Gasteiger partial charge in [-0.15, -0.1) is 0 Å². The van der Waals surface area contributed by atoms with E-state index in [1.165, 1.54) is 12.1 Å². The average Bonchev–Trinajstić information content (AvgIpc) is 2.87. The smallest absolute Gasteiger partial charge is 0.408 e. The van der Waals surface area contributed by atoms with Crippen molar-refractivity contribution >= 4 is 34.5 Å². The normalized spacial score (nSPS) is 11.8. The van der Waals surface area contributed by atoms with E-state index in [-0.39, 0.29) is 47.2 Å². The van der Waals surface area contributed by atoms with Crippen molar-refractivity contribution in [3.05, 3.63) is 99.9 Å². The lowest BCUT2D eigenvalue weighted by atomic mass is 9.96. The average molecular weight is 501 g/mol. The van der Waals surface area contributed by atoms with E-state index in [2.05, 4.69) is 15.6 Å². The number of nitrogens with zero attached hydrogens (tertiary/aromatic N) is 1. The van der Waals surface area contributed by atoms with Crippen molar-refractivity contribution in [2.45, 2.75) is 39.0 Å². The molecule has 1 heterocycles. The fraction of sp³-hybridized carbons (Fsp3) is 0.214. The van der Waals surface area contributed by atoms with Crippen LogP contribution in [0.15, 0.2) is 82.0 Å². The zero-order valence-electron chi connectivity index (χ0n) is 20.6. The molecule has 0 radical (unpaired) electrons. The molecular weight excluding hydrogens is 472 g/mol. The summed E-state index contributed by atoms with van der Waals surface area (Å²) in [7, 11) is 0. The van der Waals surface area contributed by atoms with Crippen LogP contribution in [0.5, 0.6) is 0 Å². The third-order valence-corrected chi connectivity index (χ3v) is 5.56. The second-order valence-corrected chi connectivity index (χ2v) is 8.88. The molecule has 0 bridgehead atoms. The minimum absolute atomic E-state index is 0.0277. The van der Waals surface area contributed by atoms with Crippen LogP contribution in [-0.4, -0.2) is 28.9 Å². The third-order valence-electron chi connectivity index (χ3n) is 5.56. The van der Waals surface area contributed by atoms with Crippen LogP contribution in [0.1, 0.15) is 35.3 Å². The Morgan fingerprint density at radius 1 is 1.00 bits per heavy atom. The van der Waals surface area contributed by atoms with Crippen molar-refractivity contribution in [3.8, 4) is 0 Å². The second-order valence-electron chi connectivity index (χ2n) is 8.88. The van der Waals surface area contributed by atoms with E-state index in [4.69, 9.17) is 14.9 Å². The number of ether oxygens (including phenoxy) is 1. The molecule has 0 spiro atoms. The van der Waals surface area contributed by atoms with Gasteiger partial charge in [-0.3, -0.25) is 4.79 Å². The van der Waals surface area contributed by atoms with E-state index in [9.17, 15) is 14.4 Å². The van der Waals surface area contributed by atoms with Crippen LogP contribution in [0.4, 0.5) is 16.5 Å². The Morgan fingerprint density at radius 3 is 2.30 bits per heavy atom. The van der Waals surface area contributed by atoms with Crippen LogP contribution in [0.3, 0.4) is 0 Å². The number of carbonyl (C=O) groups is 2. The maximum atomic E-state index is 13.6. The van der Waals surface area contributed by atoms with Crippen LogP contribution in [0, 0.1) is 0 Å². The van der Waals surface area contributed by atoms with Crippen molar-refractivity contribution in [1.82, 2.24) is 10.3 Å². The fourth-order valence-electron chi connectivity index (χ4n) is 3.85. The SMILES string of the molecule is CC(C)Nc1nc2cc(C(=O)[C@H](Cc3ccccc3)NC(=O)OCc3ccccc3)cc(N)c2c(=O)o1. The van der Waals surface area contributed by atoms with Crippen LogP contribution in [-0.2, 0) is 17.8 Å². The summed E-state index contributed by atoms with van der Waals surface area (Å²) in [5, 5.41) is 5.71. The largest absolute Gasteiger partial charge is 0.445 e. The van der Waals surface area contributed by atoms with Gasteiger partial charge in [0.25, 0.3) is 6.01 Å². The summed E-state index contributed by atoms with van der Waals surface area (Å²) in [6.45, 7) is 3.81. The molecule has 4 rings (SSSR count). The summed E-state index contributed by atoms with van der Waals surface area (Å²) in [5.41, 5.74) is 7.61. The first-order valence-electron chi connectivity index (χ1n) is 11.9. The van der Waals surface area contributed by atoms with Gasteiger partial charge < -0.3 is 25.5 Å². The van der Waals surface area contributed by atoms with Crippen LogP contribution < -0.4 is 22.0 Å². The van der Waals surface area contributed by atoms with E-state index in [1.54, 1.807) is 0 Å². The molecule has 190 valence electrons. The standard InChI is InChI=1S/C28H28N4O5/c1-17(2)30-27-31-22-15-20(14-21(29)24(22)26(34)37-27)25(33)23(13-18-9-5-3-6-10-18)32-28(35)36-16-19-11-7-4-8-12-19/h3-12,14-15,17,23H,13,16,29H2,1-2H3,(H,30,31)(H,32,35)/t23-/m0/s1. The van der Waals surface area contributed by atoms with Crippen molar-refractivity contribution in [2.75, 3.05) is 11.1 Å². The van der Waals surface area contributed by atoms with Gasteiger partial charge in [-0.05, 0) is 37.1 Å². The van der Waals surface area contributed by atoms with Crippen LogP contribution in [0.25, 0.3) is 10.9 Å². The van der Waals surface area contributed by atoms with Gasteiger partial charge in [0.2, 0.25) is 0 Å². The third kappa shape index (κ3) is 6.52. The van der Waals surface area contributed by atoms with E-state index >= 15 is 0 Å². The van der Waals surface area contributed by atoms with Gasteiger partial charge in [-0.1, -0.05) is 60.7 Å². The Kier molecular flexibility index (Phi) is 7.83. The topological polar surface area (TPSA) is 137 Å². The number of hydrogen-bond donors (Lipinski definition) is 3. The highest BCUT2D eigenvalue weighted by atomic mass is 16.5. The summed E-state index contributed by atoms with van der Waals surface area (Å²) in [4.78, 5) is 43.1. The number of alkyl carbamates (subject to hydrolysis) is 1. The number of rotatable bonds is 9. The lowest BCUT2D eigenvalue weighted by Crippen LogP contribution is -2.42. The number of hydrogen-bond acceptors (Lipinski definition) is 8. The molecule has 0 aliphatic carbocycles. The highest BCUT2D eigenvalue weighted by molar-refractivity contribution is 6.06. The summed E-state index contributed by atoms with van der Waals surface area (Å²) in [5.74, 6) is -0.400. The van der Waals surface area contributed by atoms with E-state index in [1.807, 2.05) is 74.5 Å². The number of aromatic nitrogens is 1. The first-order valence-corrected chi connectivity index (χ1v) is 11.9. The van der Waals surface area contributed by atoms with E-state index in [0.717, 1.165) is 11.1 Å². The maximum Gasteiger partial charge on any atom is 0.408 e. The molecule has 9 heteroatoms. The molecule has 37 heavy (non-hydrogen) atoms. The van der Waals surface area contributed by atoms with Gasteiger partial charge in [0.15, 0.2) is 5.78 Å². The van der Waals surface area contributed by atoms with Crippen molar-refractivity contribution < 1.29 is 18.7 Å². The highest BCUT2D eigenvalue weighted by Gasteiger charge is 2.25. The van der Waals surface area contributed by atoms with Crippen LogP contribution >= 0.6 is 0 Å².